The third kappa shape index (κ3) is 3.70. The number of urea groups is 1. The molecule has 0 saturated carbocycles. The number of rotatable bonds is 2. The molecule has 0 aromatic heterocycles. The number of phenolic OH excluding ortho intramolecular Hbond substituents is 1. The van der Waals surface area contributed by atoms with Gasteiger partial charge in [0.05, 0.1) is 10.7 Å². The molecule has 0 atom stereocenters. The van der Waals surface area contributed by atoms with Crippen molar-refractivity contribution in [3.8, 4) is 5.75 Å². The van der Waals surface area contributed by atoms with E-state index in [0.717, 1.165) is 0 Å². The highest BCUT2D eigenvalue weighted by atomic mass is 35.5. The average Bonchev–Trinajstić information content (AvgIpc) is 2.38. The maximum absolute atomic E-state index is 11.8. The number of amides is 2. The summed E-state index contributed by atoms with van der Waals surface area (Å²) >= 11 is 17.3. The van der Waals surface area contributed by atoms with Gasteiger partial charge in [-0.15, -0.1) is 0 Å². The van der Waals surface area contributed by atoms with Crippen LogP contribution in [-0.2, 0) is 0 Å². The molecule has 0 heterocycles. The number of phenols is 1. The van der Waals surface area contributed by atoms with Crippen LogP contribution in [-0.4, -0.2) is 11.1 Å². The van der Waals surface area contributed by atoms with Crippen molar-refractivity contribution < 1.29 is 9.90 Å². The van der Waals surface area contributed by atoms with E-state index in [9.17, 15) is 9.90 Å². The second kappa shape index (κ2) is 6.22. The van der Waals surface area contributed by atoms with Crippen LogP contribution in [0, 0.1) is 0 Å². The quantitative estimate of drug-likeness (QED) is 0.678. The van der Waals surface area contributed by atoms with Gasteiger partial charge in [-0.2, -0.15) is 0 Å². The Morgan fingerprint density at radius 2 is 1.60 bits per heavy atom. The Labute approximate surface area is 130 Å². The minimum Gasteiger partial charge on any atom is -0.504 e. The molecule has 2 aromatic rings. The molecule has 0 fully saturated rings. The second-order valence-corrected chi connectivity index (χ2v) is 5.15. The Balaban J connectivity index is 2.10. The number of halogens is 3. The van der Waals surface area contributed by atoms with Gasteiger partial charge in [-0.25, -0.2) is 4.79 Å². The molecule has 4 nitrogen and oxygen atoms in total. The summed E-state index contributed by atoms with van der Waals surface area (Å²) in [5.41, 5.74) is 0.675. The van der Waals surface area contributed by atoms with Crippen LogP contribution < -0.4 is 10.6 Å². The molecule has 20 heavy (non-hydrogen) atoms. The molecule has 0 radical (unpaired) electrons. The Morgan fingerprint density at radius 3 is 2.25 bits per heavy atom. The molecule has 0 bridgehead atoms. The fourth-order valence-corrected chi connectivity index (χ4v) is 2.10. The number of aromatic hydroxyl groups is 1. The van der Waals surface area contributed by atoms with Gasteiger partial charge >= 0.3 is 6.03 Å². The fraction of sp³-hybridized carbons (Fsp3) is 0. The third-order valence-electron chi connectivity index (χ3n) is 2.38. The molecule has 7 heteroatoms. The minimum atomic E-state index is -0.541. The lowest BCUT2D eigenvalue weighted by Gasteiger charge is -2.10. The zero-order valence-electron chi connectivity index (χ0n) is 9.95. The summed E-state index contributed by atoms with van der Waals surface area (Å²) in [6.45, 7) is 0. The lowest BCUT2D eigenvalue weighted by Crippen LogP contribution is -2.19. The first-order valence-electron chi connectivity index (χ1n) is 5.47. The first kappa shape index (κ1) is 14.8. The lowest BCUT2D eigenvalue weighted by atomic mass is 10.3. The van der Waals surface area contributed by atoms with Crippen molar-refractivity contribution in [1.29, 1.82) is 0 Å². The summed E-state index contributed by atoms with van der Waals surface area (Å²) in [5, 5.41) is 15.7. The molecule has 0 aliphatic carbocycles. The van der Waals surface area contributed by atoms with E-state index in [0.29, 0.717) is 15.7 Å². The van der Waals surface area contributed by atoms with E-state index in [1.807, 2.05) is 0 Å². The van der Waals surface area contributed by atoms with Crippen molar-refractivity contribution in [2.24, 2.45) is 0 Å². The first-order chi connectivity index (χ1) is 9.45. The molecule has 0 aliphatic rings. The molecular weight excluding hydrogens is 323 g/mol. The first-order valence-corrected chi connectivity index (χ1v) is 6.60. The van der Waals surface area contributed by atoms with Crippen LogP contribution in [0.2, 0.25) is 15.1 Å². The Kier molecular flexibility index (Phi) is 4.60. The van der Waals surface area contributed by atoms with Gasteiger partial charge in [0.25, 0.3) is 0 Å². The van der Waals surface area contributed by atoms with Crippen molar-refractivity contribution >= 4 is 52.2 Å². The van der Waals surface area contributed by atoms with Crippen LogP contribution in [0.15, 0.2) is 36.4 Å². The SMILES string of the molecule is O=C(Nc1ccc(Cl)cc1)Nc1cc(Cl)cc(Cl)c1O. The molecule has 0 unspecified atom stereocenters. The van der Waals surface area contributed by atoms with Crippen LogP contribution in [0.3, 0.4) is 0 Å². The van der Waals surface area contributed by atoms with Crippen molar-refractivity contribution in [3.05, 3.63) is 51.5 Å². The highest BCUT2D eigenvalue weighted by molar-refractivity contribution is 6.36. The highest BCUT2D eigenvalue weighted by Gasteiger charge is 2.11. The van der Waals surface area contributed by atoms with E-state index in [4.69, 9.17) is 34.8 Å². The highest BCUT2D eigenvalue weighted by Crippen LogP contribution is 2.35. The van der Waals surface area contributed by atoms with Crippen LogP contribution >= 0.6 is 34.8 Å². The van der Waals surface area contributed by atoms with E-state index < -0.39 is 6.03 Å². The van der Waals surface area contributed by atoms with Crippen LogP contribution in [0.5, 0.6) is 5.75 Å². The fourth-order valence-electron chi connectivity index (χ4n) is 1.48. The number of hydrogen-bond acceptors (Lipinski definition) is 2. The molecule has 104 valence electrons. The summed E-state index contributed by atoms with van der Waals surface area (Å²) in [7, 11) is 0. The van der Waals surface area contributed by atoms with Crippen molar-refractivity contribution in [3.63, 3.8) is 0 Å². The molecular formula is C13H9Cl3N2O2. The summed E-state index contributed by atoms with van der Waals surface area (Å²) in [4.78, 5) is 11.8. The molecule has 0 saturated heterocycles. The van der Waals surface area contributed by atoms with Crippen molar-refractivity contribution in [2.45, 2.75) is 0 Å². The monoisotopic (exact) mass is 330 g/mol. The molecule has 2 amide bonds. The summed E-state index contributed by atoms with van der Waals surface area (Å²) < 4.78 is 0. The van der Waals surface area contributed by atoms with E-state index in [1.54, 1.807) is 24.3 Å². The number of nitrogens with one attached hydrogen (secondary N) is 2. The topological polar surface area (TPSA) is 61.4 Å². The molecule has 3 N–H and O–H groups in total. The standard InChI is InChI=1S/C13H9Cl3N2O2/c14-7-1-3-9(4-2-7)17-13(20)18-11-6-8(15)5-10(16)12(11)19/h1-6,19H,(H2,17,18,20). The summed E-state index contributed by atoms with van der Waals surface area (Å²) in [5.74, 6) is -0.248. The third-order valence-corrected chi connectivity index (χ3v) is 3.14. The van der Waals surface area contributed by atoms with Gasteiger partial charge in [0.2, 0.25) is 0 Å². The zero-order valence-corrected chi connectivity index (χ0v) is 12.2. The van der Waals surface area contributed by atoms with Crippen molar-refractivity contribution in [1.82, 2.24) is 0 Å². The van der Waals surface area contributed by atoms with Gasteiger partial charge in [-0.05, 0) is 36.4 Å². The number of carbonyl (C=O) groups is 1. The minimum absolute atomic E-state index is 0.0549. The molecule has 0 aliphatic heterocycles. The Bertz CT molecular complexity index is 645. The van der Waals surface area contributed by atoms with Gasteiger partial charge in [0.15, 0.2) is 5.75 Å². The maximum Gasteiger partial charge on any atom is 0.323 e. The molecule has 0 spiro atoms. The number of benzene rings is 2. The van der Waals surface area contributed by atoms with E-state index >= 15 is 0 Å². The Morgan fingerprint density at radius 1 is 0.950 bits per heavy atom. The normalized spacial score (nSPS) is 10.2. The van der Waals surface area contributed by atoms with Crippen LogP contribution in [0.25, 0.3) is 0 Å². The number of anilines is 2. The van der Waals surface area contributed by atoms with Gasteiger partial charge in [-0.1, -0.05) is 34.8 Å². The van der Waals surface area contributed by atoms with E-state index in [1.165, 1.54) is 12.1 Å². The predicted molar refractivity (Wildman–Crippen MR) is 82.2 cm³/mol. The van der Waals surface area contributed by atoms with Gasteiger partial charge in [-0.3, -0.25) is 0 Å². The summed E-state index contributed by atoms with van der Waals surface area (Å²) in [6.07, 6.45) is 0. The zero-order chi connectivity index (χ0) is 14.7. The largest absolute Gasteiger partial charge is 0.504 e. The van der Waals surface area contributed by atoms with Crippen molar-refractivity contribution in [2.75, 3.05) is 10.6 Å². The maximum atomic E-state index is 11.8. The average molecular weight is 332 g/mol. The van der Waals surface area contributed by atoms with E-state index in [2.05, 4.69) is 10.6 Å². The van der Waals surface area contributed by atoms with Crippen LogP contribution in [0.1, 0.15) is 0 Å². The summed E-state index contributed by atoms with van der Waals surface area (Å²) in [6, 6.07) is 8.81. The second-order valence-electron chi connectivity index (χ2n) is 3.87. The Hall–Kier alpha value is -1.62. The molecule has 2 aromatic carbocycles. The lowest BCUT2D eigenvalue weighted by molar-refractivity contribution is 0.262. The number of hydrogen-bond donors (Lipinski definition) is 3. The smallest absolute Gasteiger partial charge is 0.323 e. The predicted octanol–water partition coefficient (Wildman–Crippen LogP) is 5.00. The number of carbonyl (C=O) groups excluding carboxylic acids is 1. The van der Waals surface area contributed by atoms with Crippen LogP contribution in [0.4, 0.5) is 16.2 Å². The van der Waals surface area contributed by atoms with Gasteiger partial charge < -0.3 is 15.7 Å². The van der Waals surface area contributed by atoms with Gasteiger partial charge in [0.1, 0.15) is 0 Å². The van der Waals surface area contributed by atoms with E-state index in [-0.39, 0.29) is 16.5 Å². The van der Waals surface area contributed by atoms with Gasteiger partial charge in [0, 0.05) is 15.7 Å². The molecule has 2 rings (SSSR count).